The van der Waals surface area contributed by atoms with E-state index in [0.717, 1.165) is 12.5 Å². The molecular weight excluding hydrogens is 250 g/mol. The van der Waals surface area contributed by atoms with E-state index < -0.39 is 0 Å². The van der Waals surface area contributed by atoms with Gasteiger partial charge in [0.25, 0.3) is 0 Å². The Labute approximate surface area is 120 Å². The standard InChI is InChI=1S/C17H23NS/c1-2-5-14(6-3-1)9-11-18-13-15-7-4-8-17-16(15)10-12-19-17/h4,7-8,10,12,14,18H,1-3,5-6,9,11,13H2. The van der Waals surface area contributed by atoms with E-state index in [1.807, 2.05) is 11.3 Å². The third kappa shape index (κ3) is 3.37. The van der Waals surface area contributed by atoms with Crippen LogP contribution in [-0.4, -0.2) is 6.54 Å². The van der Waals surface area contributed by atoms with Crippen LogP contribution in [0.2, 0.25) is 0 Å². The van der Waals surface area contributed by atoms with Gasteiger partial charge < -0.3 is 5.32 Å². The molecule has 1 aliphatic rings. The van der Waals surface area contributed by atoms with Crippen molar-refractivity contribution >= 4 is 21.4 Å². The molecule has 1 N–H and O–H groups in total. The molecule has 2 heteroatoms. The van der Waals surface area contributed by atoms with E-state index in [0.29, 0.717) is 0 Å². The van der Waals surface area contributed by atoms with Crippen LogP contribution >= 0.6 is 11.3 Å². The summed E-state index contributed by atoms with van der Waals surface area (Å²) in [6.07, 6.45) is 8.66. The first kappa shape index (κ1) is 13.1. The second-order valence-corrected chi connectivity index (χ2v) is 6.67. The van der Waals surface area contributed by atoms with Gasteiger partial charge in [-0.15, -0.1) is 11.3 Å². The van der Waals surface area contributed by atoms with E-state index in [4.69, 9.17) is 0 Å². The Morgan fingerprint density at radius 3 is 2.89 bits per heavy atom. The van der Waals surface area contributed by atoms with Gasteiger partial charge in [-0.3, -0.25) is 0 Å². The Morgan fingerprint density at radius 2 is 2.00 bits per heavy atom. The van der Waals surface area contributed by atoms with Gasteiger partial charge in [0, 0.05) is 11.2 Å². The topological polar surface area (TPSA) is 12.0 Å². The molecule has 19 heavy (non-hydrogen) atoms. The lowest BCUT2D eigenvalue weighted by Gasteiger charge is -2.21. The molecule has 1 nitrogen and oxygen atoms in total. The maximum absolute atomic E-state index is 3.64. The first-order valence-corrected chi connectivity index (χ1v) is 8.47. The van der Waals surface area contributed by atoms with Crippen molar-refractivity contribution in [1.82, 2.24) is 5.32 Å². The molecule has 0 atom stereocenters. The lowest BCUT2D eigenvalue weighted by atomic mass is 9.87. The fraction of sp³-hybridized carbons (Fsp3) is 0.529. The summed E-state index contributed by atoms with van der Waals surface area (Å²) in [6.45, 7) is 2.19. The average molecular weight is 273 g/mol. The van der Waals surface area contributed by atoms with Crippen molar-refractivity contribution in [3.8, 4) is 0 Å². The predicted octanol–water partition coefficient (Wildman–Crippen LogP) is 4.96. The molecule has 0 unspecified atom stereocenters. The highest BCUT2D eigenvalue weighted by Crippen LogP contribution is 2.26. The van der Waals surface area contributed by atoms with Crippen molar-refractivity contribution in [2.24, 2.45) is 5.92 Å². The molecule has 0 bridgehead atoms. The van der Waals surface area contributed by atoms with Gasteiger partial charge in [0.2, 0.25) is 0 Å². The average Bonchev–Trinajstić information content (AvgIpc) is 2.94. The van der Waals surface area contributed by atoms with Gasteiger partial charge in [0.15, 0.2) is 0 Å². The fourth-order valence-electron chi connectivity index (χ4n) is 3.22. The Balaban J connectivity index is 1.48. The highest BCUT2D eigenvalue weighted by Gasteiger charge is 2.12. The zero-order valence-corrected chi connectivity index (χ0v) is 12.3. The summed E-state index contributed by atoms with van der Waals surface area (Å²) in [4.78, 5) is 0. The largest absolute Gasteiger partial charge is 0.313 e. The zero-order chi connectivity index (χ0) is 12.9. The molecule has 1 fully saturated rings. The summed E-state index contributed by atoms with van der Waals surface area (Å²) >= 11 is 1.84. The molecule has 1 aliphatic carbocycles. The third-order valence-corrected chi connectivity index (χ3v) is 5.24. The van der Waals surface area contributed by atoms with Crippen LogP contribution in [-0.2, 0) is 6.54 Å². The Bertz CT molecular complexity index is 511. The van der Waals surface area contributed by atoms with Crippen LogP contribution < -0.4 is 5.32 Å². The lowest BCUT2D eigenvalue weighted by molar-refractivity contribution is 0.334. The number of hydrogen-bond donors (Lipinski definition) is 1. The van der Waals surface area contributed by atoms with Gasteiger partial charge in [-0.25, -0.2) is 0 Å². The second-order valence-electron chi connectivity index (χ2n) is 5.72. The molecular formula is C17H23NS. The van der Waals surface area contributed by atoms with Gasteiger partial charge >= 0.3 is 0 Å². The number of thiophene rings is 1. The predicted molar refractivity (Wildman–Crippen MR) is 84.7 cm³/mol. The molecule has 1 aromatic heterocycles. The molecule has 0 spiro atoms. The van der Waals surface area contributed by atoms with Gasteiger partial charge in [-0.2, -0.15) is 0 Å². The van der Waals surface area contributed by atoms with Gasteiger partial charge in [0.1, 0.15) is 0 Å². The molecule has 0 saturated heterocycles. The number of nitrogens with one attached hydrogen (secondary N) is 1. The summed E-state index contributed by atoms with van der Waals surface area (Å²) in [5.74, 6) is 0.984. The molecule has 2 aromatic rings. The molecule has 1 aromatic carbocycles. The molecule has 1 heterocycles. The number of fused-ring (bicyclic) bond motifs is 1. The van der Waals surface area contributed by atoms with Crippen molar-refractivity contribution in [2.45, 2.75) is 45.1 Å². The van der Waals surface area contributed by atoms with Crippen LogP contribution in [0.15, 0.2) is 29.6 Å². The second kappa shape index (κ2) is 6.53. The Hall–Kier alpha value is -0.860. The van der Waals surface area contributed by atoms with Crippen LogP contribution in [0.5, 0.6) is 0 Å². The van der Waals surface area contributed by atoms with Crippen LogP contribution in [0.25, 0.3) is 10.1 Å². The smallest absolute Gasteiger partial charge is 0.0345 e. The van der Waals surface area contributed by atoms with Crippen LogP contribution in [0.3, 0.4) is 0 Å². The SMILES string of the molecule is c1cc(CNCCC2CCCCC2)c2ccsc2c1. The highest BCUT2D eigenvalue weighted by atomic mass is 32.1. The molecule has 102 valence electrons. The quantitative estimate of drug-likeness (QED) is 0.759. The van der Waals surface area contributed by atoms with Crippen molar-refractivity contribution in [3.05, 3.63) is 35.2 Å². The van der Waals surface area contributed by atoms with E-state index in [1.54, 1.807) is 0 Å². The molecule has 3 rings (SSSR count). The van der Waals surface area contributed by atoms with Crippen molar-refractivity contribution < 1.29 is 0 Å². The van der Waals surface area contributed by atoms with Crippen molar-refractivity contribution in [1.29, 1.82) is 0 Å². The van der Waals surface area contributed by atoms with Crippen LogP contribution in [0.4, 0.5) is 0 Å². The molecule has 0 aliphatic heterocycles. The lowest BCUT2D eigenvalue weighted by Crippen LogP contribution is -2.19. The van der Waals surface area contributed by atoms with Crippen LogP contribution in [0.1, 0.15) is 44.1 Å². The number of benzene rings is 1. The first-order chi connectivity index (χ1) is 9.43. The van der Waals surface area contributed by atoms with Gasteiger partial charge in [-0.05, 0) is 47.3 Å². The number of hydrogen-bond acceptors (Lipinski definition) is 2. The first-order valence-electron chi connectivity index (χ1n) is 7.59. The highest BCUT2D eigenvalue weighted by molar-refractivity contribution is 7.17. The molecule has 0 amide bonds. The van der Waals surface area contributed by atoms with Crippen LogP contribution in [0, 0.1) is 5.92 Å². The Kier molecular flexibility index (Phi) is 4.52. The number of rotatable bonds is 5. The van der Waals surface area contributed by atoms with Gasteiger partial charge in [0.05, 0.1) is 0 Å². The molecule has 1 saturated carbocycles. The van der Waals surface area contributed by atoms with Gasteiger partial charge in [-0.1, -0.05) is 44.2 Å². The summed E-state index contributed by atoms with van der Waals surface area (Å²) in [7, 11) is 0. The van der Waals surface area contributed by atoms with E-state index in [2.05, 4.69) is 35.0 Å². The summed E-state index contributed by atoms with van der Waals surface area (Å²) in [5.41, 5.74) is 1.45. The monoisotopic (exact) mass is 273 g/mol. The minimum absolute atomic E-state index is 0.984. The minimum atomic E-state index is 0.984. The summed E-state index contributed by atoms with van der Waals surface area (Å²) < 4.78 is 1.41. The third-order valence-electron chi connectivity index (χ3n) is 4.36. The maximum atomic E-state index is 3.64. The normalized spacial score (nSPS) is 17.1. The molecule has 0 radical (unpaired) electrons. The Morgan fingerprint density at radius 1 is 1.11 bits per heavy atom. The van der Waals surface area contributed by atoms with E-state index in [-0.39, 0.29) is 0 Å². The van der Waals surface area contributed by atoms with Crippen molar-refractivity contribution in [3.63, 3.8) is 0 Å². The minimum Gasteiger partial charge on any atom is -0.313 e. The zero-order valence-electron chi connectivity index (χ0n) is 11.5. The van der Waals surface area contributed by atoms with E-state index in [9.17, 15) is 0 Å². The fourth-order valence-corrected chi connectivity index (χ4v) is 4.05. The maximum Gasteiger partial charge on any atom is 0.0345 e. The van der Waals surface area contributed by atoms with E-state index >= 15 is 0 Å². The summed E-state index contributed by atoms with van der Waals surface area (Å²) in [6, 6.07) is 8.89. The summed E-state index contributed by atoms with van der Waals surface area (Å²) in [5, 5.41) is 7.25. The van der Waals surface area contributed by atoms with E-state index in [1.165, 1.54) is 60.7 Å². The van der Waals surface area contributed by atoms with Crippen molar-refractivity contribution in [2.75, 3.05) is 6.54 Å².